The van der Waals surface area contributed by atoms with E-state index in [1.165, 1.54) is 7.11 Å². The lowest BCUT2D eigenvalue weighted by molar-refractivity contribution is -0.144. The summed E-state index contributed by atoms with van der Waals surface area (Å²) in [5, 5.41) is 12.0. The predicted octanol–water partition coefficient (Wildman–Crippen LogP) is 0.452. The Labute approximate surface area is 134 Å². The lowest BCUT2D eigenvalue weighted by Crippen LogP contribution is -2.41. The SMILES string of the molecule is COc1ncccc1NC(=O)C[C@@H](CN1CCOCC1)C(=O)O. The van der Waals surface area contributed by atoms with E-state index in [1.807, 2.05) is 4.90 Å². The van der Waals surface area contributed by atoms with Crippen molar-refractivity contribution in [3.05, 3.63) is 18.3 Å². The predicted molar refractivity (Wildman–Crippen MR) is 82.4 cm³/mol. The molecule has 1 aromatic rings. The molecule has 2 heterocycles. The lowest BCUT2D eigenvalue weighted by Gasteiger charge is -2.28. The number of ether oxygens (including phenoxy) is 2. The van der Waals surface area contributed by atoms with Crippen LogP contribution in [-0.4, -0.2) is 66.8 Å². The van der Waals surface area contributed by atoms with Gasteiger partial charge in [-0.1, -0.05) is 0 Å². The fraction of sp³-hybridized carbons (Fsp3) is 0.533. The first-order chi connectivity index (χ1) is 11.1. The Morgan fingerprint density at radius 1 is 1.48 bits per heavy atom. The number of morpholine rings is 1. The standard InChI is InChI=1S/C15H21N3O5/c1-22-14-12(3-2-4-16-14)17-13(19)9-11(15(20)21)10-18-5-7-23-8-6-18/h2-4,11H,5-10H2,1H3,(H,17,19)(H,20,21)/t11-/m0/s1. The first-order valence-electron chi connectivity index (χ1n) is 7.42. The van der Waals surface area contributed by atoms with E-state index in [4.69, 9.17) is 9.47 Å². The summed E-state index contributed by atoms with van der Waals surface area (Å²) in [6, 6.07) is 3.32. The van der Waals surface area contributed by atoms with Crippen molar-refractivity contribution in [3.8, 4) is 5.88 Å². The summed E-state index contributed by atoms with van der Waals surface area (Å²) in [4.78, 5) is 29.5. The molecule has 1 saturated heterocycles. The second-order valence-electron chi connectivity index (χ2n) is 5.26. The number of nitrogens with zero attached hydrogens (tertiary/aromatic N) is 2. The summed E-state index contributed by atoms with van der Waals surface area (Å²) in [5.74, 6) is -1.83. The van der Waals surface area contributed by atoms with Crippen LogP contribution in [0.25, 0.3) is 0 Å². The van der Waals surface area contributed by atoms with Crippen LogP contribution in [0.15, 0.2) is 18.3 Å². The van der Waals surface area contributed by atoms with Crippen LogP contribution in [0.2, 0.25) is 0 Å². The highest BCUT2D eigenvalue weighted by Crippen LogP contribution is 2.20. The number of aliphatic carboxylic acids is 1. The van der Waals surface area contributed by atoms with Gasteiger partial charge in [0.25, 0.3) is 0 Å². The molecule has 1 aliphatic rings. The summed E-state index contributed by atoms with van der Waals surface area (Å²) in [5.41, 5.74) is 0.426. The van der Waals surface area contributed by atoms with E-state index in [2.05, 4.69) is 10.3 Å². The molecular weight excluding hydrogens is 302 g/mol. The van der Waals surface area contributed by atoms with Gasteiger partial charge in [-0.2, -0.15) is 0 Å². The number of carbonyl (C=O) groups excluding carboxylic acids is 1. The molecule has 23 heavy (non-hydrogen) atoms. The van der Waals surface area contributed by atoms with Gasteiger partial charge in [0.05, 0.1) is 26.2 Å². The third-order valence-corrected chi connectivity index (χ3v) is 3.60. The summed E-state index contributed by atoms with van der Waals surface area (Å²) < 4.78 is 10.3. The van der Waals surface area contributed by atoms with Crippen molar-refractivity contribution in [3.63, 3.8) is 0 Å². The molecule has 2 N–H and O–H groups in total. The zero-order valence-electron chi connectivity index (χ0n) is 13.0. The van der Waals surface area contributed by atoms with E-state index in [9.17, 15) is 14.7 Å². The highest BCUT2D eigenvalue weighted by atomic mass is 16.5. The van der Waals surface area contributed by atoms with Gasteiger partial charge in [0.15, 0.2) is 0 Å². The Morgan fingerprint density at radius 2 is 2.22 bits per heavy atom. The quantitative estimate of drug-likeness (QED) is 0.751. The minimum atomic E-state index is -0.982. The largest absolute Gasteiger partial charge is 0.481 e. The smallest absolute Gasteiger partial charge is 0.308 e. The number of rotatable bonds is 7. The summed E-state index contributed by atoms with van der Waals surface area (Å²) in [7, 11) is 1.45. The molecule has 1 amide bonds. The molecule has 8 nitrogen and oxygen atoms in total. The molecule has 0 spiro atoms. The normalized spacial score (nSPS) is 16.6. The molecule has 1 atom stereocenters. The van der Waals surface area contributed by atoms with E-state index in [0.29, 0.717) is 44.4 Å². The van der Waals surface area contributed by atoms with Crippen molar-refractivity contribution < 1.29 is 24.2 Å². The number of aromatic nitrogens is 1. The van der Waals surface area contributed by atoms with Crippen molar-refractivity contribution in [1.29, 1.82) is 0 Å². The highest BCUT2D eigenvalue weighted by molar-refractivity contribution is 5.94. The first kappa shape index (κ1) is 17.2. The van der Waals surface area contributed by atoms with E-state index in [0.717, 1.165) is 0 Å². The van der Waals surface area contributed by atoms with Gasteiger partial charge >= 0.3 is 5.97 Å². The molecule has 0 saturated carbocycles. The van der Waals surface area contributed by atoms with Crippen molar-refractivity contribution in [2.24, 2.45) is 5.92 Å². The fourth-order valence-electron chi connectivity index (χ4n) is 2.40. The second kappa shape index (κ2) is 8.44. The molecule has 0 aliphatic carbocycles. The number of carboxylic acid groups (broad SMARTS) is 1. The van der Waals surface area contributed by atoms with Crippen LogP contribution in [0.3, 0.4) is 0 Å². The van der Waals surface area contributed by atoms with Gasteiger partial charge < -0.3 is 19.9 Å². The Hall–Kier alpha value is -2.19. The van der Waals surface area contributed by atoms with Gasteiger partial charge in [-0.05, 0) is 12.1 Å². The molecule has 1 fully saturated rings. The Morgan fingerprint density at radius 3 is 2.87 bits per heavy atom. The van der Waals surface area contributed by atoms with E-state index < -0.39 is 11.9 Å². The molecule has 0 radical (unpaired) electrons. The molecule has 0 aromatic carbocycles. The molecule has 8 heteroatoms. The number of hydrogen-bond donors (Lipinski definition) is 2. The van der Waals surface area contributed by atoms with Crippen molar-refractivity contribution in [2.45, 2.75) is 6.42 Å². The molecule has 0 bridgehead atoms. The maximum Gasteiger partial charge on any atom is 0.308 e. The monoisotopic (exact) mass is 323 g/mol. The van der Waals surface area contributed by atoms with E-state index >= 15 is 0 Å². The lowest BCUT2D eigenvalue weighted by atomic mass is 10.0. The average Bonchev–Trinajstić information content (AvgIpc) is 2.55. The molecule has 2 rings (SSSR count). The van der Waals surface area contributed by atoms with Crippen LogP contribution >= 0.6 is 0 Å². The van der Waals surface area contributed by atoms with E-state index in [-0.39, 0.29) is 12.3 Å². The maximum atomic E-state index is 12.1. The zero-order valence-corrected chi connectivity index (χ0v) is 13.0. The van der Waals surface area contributed by atoms with Crippen LogP contribution < -0.4 is 10.1 Å². The van der Waals surface area contributed by atoms with Crippen molar-refractivity contribution in [2.75, 3.05) is 45.3 Å². The Kier molecular flexibility index (Phi) is 6.30. The number of nitrogens with one attached hydrogen (secondary N) is 1. The minimum Gasteiger partial charge on any atom is -0.481 e. The van der Waals surface area contributed by atoms with Gasteiger partial charge in [-0.15, -0.1) is 0 Å². The van der Waals surface area contributed by atoms with Crippen LogP contribution in [0.4, 0.5) is 5.69 Å². The number of carbonyl (C=O) groups is 2. The number of pyridine rings is 1. The summed E-state index contributed by atoms with van der Waals surface area (Å²) in [6.07, 6.45) is 1.44. The van der Waals surface area contributed by atoms with Crippen LogP contribution in [0.5, 0.6) is 5.88 Å². The van der Waals surface area contributed by atoms with Crippen molar-refractivity contribution in [1.82, 2.24) is 9.88 Å². The van der Waals surface area contributed by atoms with Gasteiger partial charge in [-0.3, -0.25) is 14.5 Å². The zero-order chi connectivity index (χ0) is 16.7. The Bertz CT molecular complexity index is 546. The van der Waals surface area contributed by atoms with Gasteiger partial charge in [-0.25, -0.2) is 4.98 Å². The Balaban J connectivity index is 1.93. The van der Waals surface area contributed by atoms with Gasteiger partial charge in [0, 0.05) is 32.3 Å². The third kappa shape index (κ3) is 5.19. The number of hydrogen-bond acceptors (Lipinski definition) is 6. The average molecular weight is 323 g/mol. The van der Waals surface area contributed by atoms with Crippen LogP contribution in [0, 0.1) is 5.92 Å². The fourth-order valence-corrected chi connectivity index (χ4v) is 2.40. The molecule has 1 aromatic heterocycles. The van der Waals surface area contributed by atoms with Crippen LogP contribution in [-0.2, 0) is 14.3 Å². The number of carboxylic acids is 1. The summed E-state index contributed by atoms with van der Waals surface area (Å²) >= 11 is 0. The van der Waals surface area contributed by atoms with E-state index in [1.54, 1.807) is 18.3 Å². The number of methoxy groups -OCH3 is 1. The highest BCUT2D eigenvalue weighted by Gasteiger charge is 2.25. The number of anilines is 1. The molecule has 0 unspecified atom stereocenters. The van der Waals surface area contributed by atoms with Gasteiger partial charge in [0.2, 0.25) is 11.8 Å². The summed E-state index contributed by atoms with van der Waals surface area (Å²) in [6.45, 7) is 2.87. The van der Waals surface area contributed by atoms with Gasteiger partial charge in [0.1, 0.15) is 5.69 Å². The number of amides is 1. The first-order valence-corrected chi connectivity index (χ1v) is 7.42. The minimum absolute atomic E-state index is 0.106. The van der Waals surface area contributed by atoms with Crippen LogP contribution in [0.1, 0.15) is 6.42 Å². The van der Waals surface area contributed by atoms with Crippen molar-refractivity contribution >= 4 is 17.6 Å². The molecule has 126 valence electrons. The third-order valence-electron chi connectivity index (χ3n) is 3.60. The second-order valence-corrected chi connectivity index (χ2v) is 5.26. The molecule has 1 aliphatic heterocycles. The maximum absolute atomic E-state index is 12.1. The topological polar surface area (TPSA) is 101 Å². The molecular formula is C15H21N3O5.